The van der Waals surface area contributed by atoms with Crippen molar-refractivity contribution in [3.63, 3.8) is 0 Å². The number of likely N-dealkylation sites (tertiary alicyclic amines) is 1. The molecule has 2 rings (SSSR count). The summed E-state index contributed by atoms with van der Waals surface area (Å²) in [6.07, 6.45) is 0.524. The molecule has 0 radical (unpaired) electrons. The Balaban J connectivity index is 2.09. The van der Waals surface area contributed by atoms with Crippen LogP contribution in [0.2, 0.25) is 0 Å². The van der Waals surface area contributed by atoms with Crippen molar-refractivity contribution < 1.29 is 14.7 Å². The van der Waals surface area contributed by atoms with Crippen molar-refractivity contribution in [2.75, 3.05) is 6.54 Å². The van der Waals surface area contributed by atoms with Gasteiger partial charge in [0.05, 0.1) is 6.42 Å². The van der Waals surface area contributed by atoms with Crippen LogP contribution in [0.1, 0.15) is 25.8 Å². The predicted molar refractivity (Wildman–Crippen MR) is 83.2 cm³/mol. The second kappa shape index (κ2) is 6.79. The molecule has 6 nitrogen and oxygen atoms in total. The van der Waals surface area contributed by atoms with Crippen LogP contribution >= 0.6 is 0 Å². The normalized spacial score (nSPS) is 21.2. The highest BCUT2D eigenvalue weighted by Gasteiger charge is 2.38. The third kappa shape index (κ3) is 3.76. The van der Waals surface area contributed by atoms with Crippen LogP contribution in [0, 0.1) is 0 Å². The Hall–Kier alpha value is -2.08. The molecule has 4 N–H and O–H groups in total. The Labute approximate surface area is 130 Å². The van der Waals surface area contributed by atoms with Gasteiger partial charge in [-0.15, -0.1) is 0 Å². The van der Waals surface area contributed by atoms with E-state index in [0.29, 0.717) is 18.5 Å². The van der Waals surface area contributed by atoms with E-state index in [1.807, 2.05) is 13.8 Å². The molecule has 1 fully saturated rings. The number of aromatic hydroxyl groups is 1. The number of nitrogens with two attached hydrogens (primary N) is 1. The smallest absolute Gasteiger partial charge is 0.243 e. The highest BCUT2D eigenvalue weighted by Crippen LogP contribution is 2.21. The molecule has 1 aromatic rings. The summed E-state index contributed by atoms with van der Waals surface area (Å²) >= 11 is 0. The number of nitrogens with zero attached hydrogens (tertiary/aromatic N) is 1. The molecule has 1 saturated heterocycles. The van der Waals surface area contributed by atoms with Crippen molar-refractivity contribution in [3.05, 3.63) is 29.8 Å². The average molecular weight is 305 g/mol. The molecule has 0 aromatic heterocycles. The zero-order chi connectivity index (χ0) is 16.3. The summed E-state index contributed by atoms with van der Waals surface area (Å²) in [7, 11) is 0. The molecule has 2 atom stereocenters. The van der Waals surface area contributed by atoms with Gasteiger partial charge in [0.25, 0.3) is 0 Å². The van der Waals surface area contributed by atoms with Gasteiger partial charge < -0.3 is 21.1 Å². The number of hydrogen-bond acceptors (Lipinski definition) is 4. The number of phenols is 1. The summed E-state index contributed by atoms with van der Waals surface area (Å²) in [6.45, 7) is 4.12. The van der Waals surface area contributed by atoms with Gasteiger partial charge in [0, 0.05) is 24.2 Å². The third-order valence-corrected chi connectivity index (χ3v) is 3.72. The number of para-hydroxylation sites is 1. The summed E-state index contributed by atoms with van der Waals surface area (Å²) < 4.78 is 0. The number of rotatable bonds is 4. The first-order valence-corrected chi connectivity index (χ1v) is 7.50. The molecule has 0 saturated carbocycles. The van der Waals surface area contributed by atoms with Gasteiger partial charge in [0.15, 0.2) is 0 Å². The van der Waals surface area contributed by atoms with Crippen LogP contribution in [0.4, 0.5) is 0 Å². The topological polar surface area (TPSA) is 95.7 Å². The van der Waals surface area contributed by atoms with Crippen molar-refractivity contribution in [2.45, 2.75) is 44.8 Å². The number of amides is 2. The maximum Gasteiger partial charge on any atom is 0.243 e. The van der Waals surface area contributed by atoms with Gasteiger partial charge in [-0.2, -0.15) is 0 Å². The molecule has 6 heteroatoms. The first-order chi connectivity index (χ1) is 10.4. The van der Waals surface area contributed by atoms with Gasteiger partial charge in [0.1, 0.15) is 11.8 Å². The van der Waals surface area contributed by atoms with Gasteiger partial charge in [-0.3, -0.25) is 9.59 Å². The van der Waals surface area contributed by atoms with Crippen molar-refractivity contribution in [1.29, 1.82) is 0 Å². The lowest BCUT2D eigenvalue weighted by molar-refractivity contribution is -0.138. The molecule has 2 amide bonds. The molecule has 1 aliphatic rings. The van der Waals surface area contributed by atoms with Crippen LogP contribution in [0.3, 0.4) is 0 Å². The minimum absolute atomic E-state index is 0.0134. The SMILES string of the molecule is CC(C)NC(=O)[C@@H]1C[C@H](N)CN1C(=O)Cc1ccccc1O. The summed E-state index contributed by atoms with van der Waals surface area (Å²) in [5.41, 5.74) is 6.47. The quantitative estimate of drug-likeness (QED) is 0.750. The first-order valence-electron chi connectivity index (χ1n) is 7.50. The Morgan fingerprint density at radius 3 is 2.73 bits per heavy atom. The summed E-state index contributed by atoms with van der Waals surface area (Å²) in [4.78, 5) is 26.2. The first kappa shape index (κ1) is 16.3. The van der Waals surface area contributed by atoms with E-state index in [1.54, 1.807) is 24.3 Å². The lowest BCUT2D eigenvalue weighted by atomic mass is 10.1. The van der Waals surface area contributed by atoms with E-state index in [9.17, 15) is 14.7 Å². The Morgan fingerprint density at radius 1 is 1.41 bits per heavy atom. The maximum atomic E-state index is 12.5. The van der Waals surface area contributed by atoms with Gasteiger partial charge in [0.2, 0.25) is 11.8 Å². The summed E-state index contributed by atoms with van der Waals surface area (Å²) in [5.74, 6) is -0.283. The third-order valence-electron chi connectivity index (χ3n) is 3.72. The number of phenolic OH excluding ortho intramolecular Hbond substituents is 1. The number of hydrogen-bond donors (Lipinski definition) is 3. The van der Waals surface area contributed by atoms with Crippen molar-refractivity contribution in [2.24, 2.45) is 5.73 Å². The van der Waals surface area contributed by atoms with Crippen LogP contribution in [-0.2, 0) is 16.0 Å². The largest absolute Gasteiger partial charge is 0.508 e. The van der Waals surface area contributed by atoms with E-state index in [-0.39, 0.29) is 36.1 Å². The van der Waals surface area contributed by atoms with E-state index in [4.69, 9.17) is 5.73 Å². The van der Waals surface area contributed by atoms with Gasteiger partial charge in [-0.05, 0) is 26.3 Å². The molecule has 1 heterocycles. The van der Waals surface area contributed by atoms with Gasteiger partial charge in [-0.25, -0.2) is 0 Å². The molecule has 0 bridgehead atoms. The number of nitrogens with one attached hydrogen (secondary N) is 1. The van der Waals surface area contributed by atoms with Crippen molar-refractivity contribution in [1.82, 2.24) is 10.2 Å². The predicted octanol–water partition coefficient (Wildman–Crippen LogP) is 0.388. The van der Waals surface area contributed by atoms with Crippen LogP contribution in [0.15, 0.2) is 24.3 Å². The van der Waals surface area contributed by atoms with E-state index < -0.39 is 6.04 Å². The van der Waals surface area contributed by atoms with Gasteiger partial charge in [-0.1, -0.05) is 18.2 Å². The minimum atomic E-state index is -0.532. The van der Waals surface area contributed by atoms with E-state index >= 15 is 0 Å². The fourth-order valence-corrected chi connectivity index (χ4v) is 2.70. The lowest BCUT2D eigenvalue weighted by Gasteiger charge is -2.25. The van der Waals surface area contributed by atoms with E-state index in [1.165, 1.54) is 4.90 Å². The molecule has 22 heavy (non-hydrogen) atoms. The fourth-order valence-electron chi connectivity index (χ4n) is 2.70. The maximum absolute atomic E-state index is 12.5. The summed E-state index contributed by atoms with van der Waals surface area (Å²) in [5, 5.41) is 12.6. The molecular weight excluding hydrogens is 282 g/mol. The fraction of sp³-hybridized carbons (Fsp3) is 0.500. The monoisotopic (exact) mass is 305 g/mol. The second-order valence-corrected chi connectivity index (χ2v) is 6.03. The Morgan fingerprint density at radius 2 is 2.09 bits per heavy atom. The van der Waals surface area contributed by atoms with E-state index in [0.717, 1.165) is 0 Å². The minimum Gasteiger partial charge on any atom is -0.508 e. The number of carbonyl (C=O) groups excluding carboxylic acids is 2. The molecule has 1 aliphatic heterocycles. The zero-order valence-electron chi connectivity index (χ0n) is 13.0. The van der Waals surface area contributed by atoms with Crippen molar-refractivity contribution in [3.8, 4) is 5.75 Å². The molecule has 120 valence electrons. The van der Waals surface area contributed by atoms with Gasteiger partial charge >= 0.3 is 0 Å². The van der Waals surface area contributed by atoms with Crippen LogP contribution in [0.25, 0.3) is 0 Å². The summed E-state index contributed by atoms with van der Waals surface area (Å²) in [6, 6.07) is 5.99. The molecule has 1 aromatic carbocycles. The van der Waals surface area contributed by atoms with E-state index in [2.05, 4.69) is 5.32 Å². The standard InChI is InChI=1S/C16H23N3O3/c1-10(2)18-16(22)13-8-12(17)9-19(13)15(21)7-11-5-3-4-6-14(11)20/h3-6,10,12-13,20H,7-9,17H2,1-2H3,(H,18,22)/t12-,13-/m0/s1. The lowest BCUT2D eigenvalue weighted by Crippen LogP contribution is -2.48. The second-order valence-electron chi connectivity index (χ2n) is 6.03. The van der Waals surface area contributed by atoms with Crippen LogP contribution in [0.5, 0.6) is 5.75 Å². The highest BCUT2D eigenvalue weighted by molar-refractivity contribution is 5.89. The molecule has 0 unspecified atom stereocenters. The molecule has 0 spiro atoms. The Kier molecular flexibility index (Phi) is 5.03. The zero-order valence-corrected chi connectivity index (χ0v) is 13.0. The number of benzene rings is 1. The van der Waals surface area contributed by atoms with Crippen LogP contribution < -0.4 is 11.1 Å². The average Bonchev–Trinajstić information content (AvgIpc) is 2.83. The highest BCUT2D eigenvalue weighted by atomic mass is 16.3. The number of carbonyl (C=O) groups is 2. The molecule has 0 aliphatic carbocycles. The Bertz CT molecular complexity index is 559. The molecular formula is C16H23N3O3. The van der Waals surface area contributed by atoms with Crippen molar-refractivity contribution >= 4 is 11.8 Å². The van der Waals surface area contributed by atoms with Crippen LogP contribution in [-0.4, -0.2) is 46.5 Å².